The second kappa shape index (κ2) is 8.70. The number of nitrogens with zero attached hydrogens (tertiary/aromatic N) is 3. The Hall–Kier alpha value is -2.48. The van der Waals surface area contributed by atoms with Crippen molar-refractivity contribution in [1.29, 1.82) is 0 Å². The molecule has 3 heterocycles. The van der Waals surface area contributed by atoms with E-state index in [0.717, 1.165) is 45.5 Å². The summed E-state index contributed by atoms with van der Waals surface area (Å²) in [6, 6.07) is 11.9. The van der Waals surface area contributed by atoms with E-state index in [1.807, 2.05) is 17.0 Å². The van der Waals surface area contributed by atoms with Gasteiger partial charge in [-0.1, -0.05) is 34.7 Å². The lowest BCUT2D eigenvalue weighted by Crippen LogP contribution is -2.36. The summed E-state index contributed by atoms with van der Waals surface area (Å²) in [5, 5.41) is 12.6. The number of thiazole rings is 1. The van der Waals surface area contributed by atoms with Crippen LogP contribution in [0.3, 0.4) is 0 Å². The zero-order valence-corrected chi connectivity index (χ0v) is 21.1. The van der Waals surface area contributed by atoms with Crippen LogP contribution in [-0.2, 0) is 11.8 Å². The standard InChI is InChI=1S/C25H24ClN3O2S2/c1-15(11-23-27(2)19-13-16(26)6-8-21(19)32-23)12-24-28(3)20-14-17(7-9-22(20)33-24)29-10-4-5-18(29)25(30)31/h6-9,11-14,18H,4-5,10H2,1-3H3/p+1. The predicted octanol–water partition coefficient (Wildman–Crippen LogP) is 5.92. The molecule has 1 atom stereocenters. The number of anilines is 2. The van der Waals surface area contributed by atoms with E-state index in [0.29, 0.717) is 6.42 Å². The Balaban J connectivity index is 1.44. The fourth-order valence-corrected chi connectivity index (χ4v) is 6.94. The van der Waals surface area contributed by atoms with Crippen LogP contribution in [0, 0.1) is 0 Å². The number of carboxylic acid groups (broad SMARTS) is 1. The first-order valence-corrected chi connectivity index (χ1v) is 12.9. The highest BCUT2D eigenvalue weighted by atomic mass is 35.5. The van der Waals surface area contributed by atoms with E-state index in [1.165, 1.54) is 14.6 Å². The minimum atomic E-state index is -0.742. The Labute approximate surface area is 206 Å². The van der Waals surface area contributed by atoms with Gasteiger partial charge in [0.25, 0.3) is 5.01 Å². The van der Waals surface area contributed by atoms with Gasteiger partial charge in [0.15, 0.2) is 0 Å². The average molecular weight is 499 g/mol. The summed E-state index contributed by atoms with van der Waals surface area (Å²) in [6.07, 6.45) is 6.02. The van der Waals surface area contributed by atoms with Gasteiger partial charge in [-0.25, -0.2) is 4.79 Å². The highest BCUT2D eigenvalue weighted by Crippen LogP contribution is 2.46. The van der Waals surface area contributed by atoms with Crippen molar-refractivity contribution in [2.45, 2.75) is 30.7 Å². The number of thioether (sulfide) groups is 1. The second-order valence-corrected chi connectivity index (χ2v) is 11.0. The van der Waals surface area contributed by atoms with Crippen molar-refractivity contribution in [3.8, 4) is 0 Å². The number of carbonyl (C=O) groups is 1. The van der Waals surface area contributed by atoms with Crippen LogP contribution in [-0.4, -0.2) is 30.7 Å². The molecule has 2 aliphatic heterocycles. The lowest BCUT2D eigenvalue weighted by molar-refractivity contribution is -0.642. The first kappa shape index (κ1) is 22.3. The van der Waals surface area contributed by atoms with Crippen molar-refractivity contribution in [3.05, 3.63) is 63.1 Å². The van der Waals surface area contributed by atoms with E-state index in [9.17, 15) is 9.90 Å². The number of aryl methyl sites for hydroxylation is 1. The van der Waals surface area contributed by atoms with Gasteiger partial charge in [0.2, 0.25) is 5.52 Å². The fraction of sp³-hybridized carbons (Fsp3) is 0.280. The molecule has 1 fully saturated rings. The largest absolute Gasteiger partial charge is 0.480 e. The predicted molar refractivity (Wildman–Crippen MR) is 138 cm³/mol. The summed E-state index contributed by atoms with van der Waals surface area (Å²) >= 11 is 9.67. The molecule has 5 rings (SSSR count). The van der Waals surface area contributed by atoms with Gasteiger partial charge in [-0.15, -0.1) is 0 Å². The summed E-state index contributed by atoms with van der Waals surface area (Å²) in [7, 11) is 4.14. The molecule has 1 unspecified atom stereocenters. The highest BCUT2D eigenvalue weighted by Gasteiger charge is 2.31. The first-order chi connectivity index (χ1) is 15.8. The minimum absolute atomic E-state index is 0.431. The van der Waals surface area contributed by atoms with Crippen molar-refractivity contribution in [2.75, 3.05) is 23.4 Å². The number of allylic oxidation sites excluding steroid dienone is 2. The number of halogens is 1. The highest BCUT2D eigenvalue weighted by molar-refractivity contribution is 8.03. The number of hydrogen-bond acceptors (Lipinski definition) is 5. The van der Waals surface area contributed by atoms with Gasteiger partial charge in [0.05, 0.1) is 10.7 Å². The Morgan fingerprint density at radius 3 is 2.88 bits per heavy atom. The van der Waals surface area contributed by atoms with E-state index in [-0.39, 0.29) is 0 Å². The molecule has 5 nitrogen and oxygen atoms in total. The van der Waals surface area contributed by atoms with Gasteiger partial charge in [-0.2, -0.15) is 4.57 Å². The summed E-state index contributed by atoms with van der Waals surface area (Å²) in [6.45, 7) is 2.91. The SMILES string of the molecule is CC(=Cc1sc2ccc(N3CCCC3C(=O)O)cc2[n+]1C)C=C1Sc2ccc(Cl)cc2N1C. The monoisotopic (exact) mass is 498 g/mol. The number of hydrogen-bond donors (Lipinski definition) is 1. The van der Waals surface area contributed by atoms with Gasteiger partial charge in [-0.05, 0) is 61.7 Å². The molecule has 1 N–H and O–H groups in total. The van der Waals surface area contributed by atoms with Crippen LogP contribution < -0.4 is 14.4 Å². The van der Waals surface area contributed by atoms with Crippen molar-refractivity contribution in [3.63, 3.8) is 0 Å². The lowest BCUT2D eigenvalue weighted by Gasteiger charge is -2.23. The summed E-state index contributed by atoms with van der Waals surface area (Å²) in [5.74, 6) is -0.742. The van der Waals surface area contributed by atoms with Crippen molar-refractivity contribution in [1.82, 2.24) is 0 Å². The molecule has 0 bridgehead atoms. The zero-order valence-electron chi connectivity index (χ0n) is 18.7. The topological polar surface area (TPSA) is 47.7 Å². The first-order valence-electron chi connectivity index (χ1n) is 10.8. The Morgan fingerprint density at radius 1 is 1.27 bits per heavy atom. The number of rotatable bonds is 4. The van der Waals surface area contributed by atoms with Crippen LogP contribution in [0.1, 0.15) is 24.8 Å². The molecule has 33 heavy (non-hydrogen) atoms. The van der Waals surface area contributed by atoms with Crippen LogP contribution in [0.5, 0.6) is 0 Å². The minimum Gasteiger partial charge on any atom is -0.480 e. The molecule has 0 amide bonds. The smallest absolute Gasteiger partial charge is 0.326 e. The van der Waals surface area contributed by atoms with Gasteiger partial charge in [0.1, 0.15) is 17.8 Å². The van der Waals surface area contributed by atoms with Crippen LogP contribution in [0.15, 0.2) is 58.0 Å². The van der Waals surface area contributed by atoms with Gasteiger partial charge < -0.3 is 14.9 Å². The lowest BCUT2D eigenvalue weighted by atomic mass is 10.2. The fourth-order valence-electron chi connectivity index (χ4n) is 4.49. The van der Waals surface area contributed by atoms with Gasteiger partial charge in [0, 0.05) is 41.3 Å². The normalized spacial score (nSPS) is 19.7. The molecular formula is C25H25ClN3O2S2+. The Kier molecular flexibility index (Phi) is 5.89. The molecule has 3 aromatic rings. The summed E-state index contributed by atoms with van der Waals surface area (Å²) in [4.78, 5) is 17.0. The molecule has 0 aliphatic carbocycles. The van der Waals surface area contributed by atoms with Gasteiger partial charge >= 0.3 is 5.97 Å². The van der Waals surface area contributed by atoms with Crippen LogP contribution in [0.25, 0.3) is 16.3 Å². The van der Waals surface area contributed by atoms with Crippen molar-refractivity contribution >= 4 is 68.3 Å². The van der Waals surface area contributed by atoms with Crippen LogP contribution in [0.2, 0.25) is 5.02 Å². The molecular weight excluding hydrogens is 474 g/mol. The maximum atomic E-state index is 11.6. The zero-order chi connectivity index (χ0) is 23.3. The maximum Gasteiger partial charge on any atom is 0.326 e. The molecule has 2 aliphatic rings. The van der Waals surface area contributed by atoms with E-state index < -0.39 is 12.0 Å². The molecule has 8 heteroatoms. The number of aromatic nitrogens is 1. The van der Waals surface area contributed by atoms with Crippen molar-refractivity contribution in [2.24, 2.45) is 7.05 Å². The quantitative estimate of drug-likeness (QED) is 0.452. The summed E-state index contributed by atoms with van der Waals surface area (Å²) in [5.41, 5.74) is 4.40. The molecule has 2 aromatic carbocycles. The van der Waals surface area contributed by atoms with Gasteiger partial charge in [-0.3, -0.25) is 0 Å². The molecule has 0 spiro atoms. The van der Waals surface area contributed by atoms with Crippen LogP contribution >= 0.6 is 34.7 Å². The molecule has 1 saturated heterocycles. The number of carboxylic acids is 1. The molecule has 1 aromatic heterocycles. The number of benzene rings is 2. The van der Waals surface area contributed by atoms with E-state index in [1.54, 1.807) is 23.1 Å². The van der Waals surface area contributed by atoms with E-state index >= 15 is 0 Å². The number of fused-ring (bicyclic) bond motifs is 2. The Morgan fingerprint density at radius 2 is 2.09 bits per heavy atom. The maximum absolute atomic E-state index is 11.6. The second-order valence-electron chi connectivity index (χ2n) is 8.49. The Bertz CT molecular complexity index is 1330. The third kappa shape index (κ3) is 4.14. The molecule has 0 radical (unpaired) electrons. The van der Waals surface area contributed by atoms with E-state index in [2.05, 4.69) is 66.9 Å². The van der Waals surface area contributed by atoms with E-state index in [4.69, 9.17) is 11.6 Å². The number of aliphatic carboxylic acids is 1. The third-order valence-electron chi connectivity index (χ3n) is 6.25. The molecule has 170 valence electrons. The average Bonchev–Trinajstić information content (AvgIpc) is 3.46. The molecule has 0 saturated carbocycles. The third-order valence-corrected chi connectivity index (χ3v) is 8.82. The van der Waals surface area contributed by atoms with Crippen LogP contribution in [0.4, 0.5) is 11.4 Å². The summed E-state index contributed by atoms with van der Waals surface area (Å²) < 4.78 is 3.38. The van der Waals surface area contributed by atoms with Crippen molar-refractivity contribution < 1.29 is 14.5 Å².